The Balaban J connectivity index is 1.67. The molecule has 0 bridgehead atoms. The largest absolute Gasteiger partial charge is 0.376 e. The molecule has 1 aliphatic heterocycles. The predicted octanol–water partition coefficient (Wildman–Crippen LogP) is 0.812. The maximum Gasteiger partial charge on any atom is 0.269 e. The van der Waals surface area contributed by atoms with Crippen LogP contribution in [-0.2, 0) is 16.0 Å². The number of hydrazine groups is 1. The van der Waals surface area contributed by atoms with Crippen LogP contribution in [0.15, 0.2) is 24.3 Å². The molecule has 1 heterocycles. The van der Waals surface area contributed by atoms with Crippen molar-refractivity contribution < 1.29 is 14.5 Å². The van der Waals surface area contributed by atoms with Gasteiger partial charge in [-0.15, -0.1) is 0 Å². The van der Waals surface area contributed by atoms with Crippen LogP contribution in [0.4, 0.5) is 5.69 Å². The Bertz CT molecular complexity index is 573. The summed E-state index contributed by atoms with van der Waals surface area (Å²) in [4.78, 5) is 21.8. The number of nitro groups is 1. The van der Waals surface area contributed by atoms with Crippen molar-refractivity contribution in [3.8, 4) is 0 Å². The molecule has 0 spiro atoms. The number of nitro benzene ring substituents is 1. The van der Waals surface area contributed by atoms with Crippen molar-refractivity contribution in [3.63, 3.8) is 0 Å². The van der Waals surface area contributed by atoms with Crippen LogP contribution in [0.5, 0.6) is 0 Å². The fourth-order valence-electron chi connectivity index (χ4n) is 2.15. The Morgan fingerprint density at radius 2 is 2.09 bits per heavy atom. The molecule has 1 amide bonds. The van der Waals surface area contributed by atoms with Gasteiger partial charge in [-0.3, -0.25) is 25.8 Å². The first-order chi connectivity index (χ1) is 11.0. The Labute approximate surface area is 138 Å². The van der Waals surface area contributed by atoms with E-state index in [4.69, 9.17) is 17.0 Å². The van der Waals surface area contributed by atoms with Crippen LogP contribution in [-0.4, -0.2) is 35.2 Å². The van der Waals surface area contributed by atoms with Crippen molar-refractivity contribution in [2.24, 2.45) is 0 Å². The van der Waals surface area contributed by atoms with Crippen molar-refractivity contribution in [1.82, 2.24) is 16.2 Å². The van der Waals surface area contributed by atoms with Crippen molar-refractivity contribution in [2.75, 3.05) is 13.2 Å². The molecule has 9 heteroatoms. The van der Waals surface area contributed by atoms with Crippen LogP contribution in [0, 0.1) is 10.1 Å². The number of ether oxygens (including phenoxy) is 1. The summed E-state index contributed by atoms with van der Waals surface area (Å²) in [7, 11) is 0. The maximum absolute atomic E-state index is 11.8. The molecule has 8 nitrogen and oxygen atoms in total. The van der Waals surface area contributed by atoms with Gasteiger partial charge in [0, 0.05) is 25.3 Å². The minimum atomic E-state index is -0.483. The molecular weight excluding hydrogens is 320 g/mol. The highest BCUT2D eigenvalue weighted by molar-refractivity contribution is 7.80. The minimum absolute atomic E-state index is 0.00760. The van der Waals surface area contributed by atoms with Gasteiger partial charge in [0.05, 0.1) is 17.4 Å². The normalized spacial score (nSPS) is 16.6. The topological polar surface area (TPSA) is 106 Å². The zero-order valence-electron chi connectivity index (χ0n) is 12.4. The van der Waals surface area contributed by atoms with Crippen LogP contribution in [0.25, 0.3) is 0 Å². The third-order valence-corrected chi connectivity index (χ3v) is 3.59. The van der Waals surface area contributed by atoms with Crippen LogP contribution < -0.4 is 16.2 Å². The first kappa shape index (κ1) is 17.1. The van der Waals surface area contributed by atoms with E-state index in [0.717, 1.165) is 19.4 Å². The number of non-ortho nitro benzene ring substituents is 1. The van der Waals surface area contributed by atoms with Gasteiger partial charge in [0.1, 0.15) is 0 Å². The first-order valence-corrected chi connectivity index (χ1v) is 7.63. The number of rotatable bonds is 5. The van der Waals surface area contributed by atoms with Crippen molar-refractivity contribution >= 4 is 28.9 Å². The van der Waals surface area contributed by atoms with Crippen LogP contribution in [0.3, 0.4) is 0 Å². The molecule has 1 fully saturated rings. The molecule has 1 aromatic rings. The summed E-state index contributed by atoms with van der Waals surface area (Å²) in [5, 5.41) is 13.8. The molecule has 0 saturated carbocycles. The quantitative estimate of drug-likeness (QED) is 0.414. The fourth-order valence-corrected chi connectivity index (χ4v) is 2.28. The highest BCUT2D eigenvalue weighted by Gasteiger charge is 2.15. The van der Waals surface area contributed by atoms with Gasteiger partial charge >= 0.3 is 0 Å². The average Bonchev–Trinajstić information content (AvgIpc) is 3.05. The van der Waals surface area contributed by atoms with E-state index in [9.17, 15) is 14.9 Å². The molecule has 3 N–H and O–H groups in total. The van der Waals surface area contributed by atoms with E-state index in [1.165, 1.54) is 12.1 Å². The summed E-state index contributed by atoms with van der Waals surface area (Å²) in [6.07, 6.45) is 2.31. The molecule has 124 valence electrons. The zero-order chi connectivity index (χ0) is 16.7. The molecule has 0 radical (unpaired) electrons. The van der Waals surface area contributed by atoms with Gasteiger partial charge in [-0.05, 0) is 30.6 Å². The Morgan fingerprint density at radius 3 is 2.70 bits per heavy atom. The third-order valence-electron chi connectivity index (χ3n) is 3.34. The molecule has 2 rings (SSSR count). The highest BCUT2D eigenvalue weighted by atomic mass is 32.1. The Morgan fingerprint density at radius 1 is 1.35 bits per heavy atom. The van der Waals surface area contributed by atoms with E-state index in [1.807, 2.05) is 0 Å². The first-order valence-electron chi connectivity index (χ1n) is 7.22. The van der Waals surface area contributed by atoms with Gasteiger partial charge in [-0.25, -0.2) is 0 Å². The fraction of sp³-hybridized carbons (Fsp3) is 0.429. The number of thiocarbonyl (C=S) groups is 1. The van der Waals surface area contributed by atoms with E-state index in [1.54, 1.807) is 12.1 Å². The van der Waals surface area contributed by atoms with E-state index in [0.29, 0.717) is 17.2 Å². The van der Waals surface area contributed by atoms with Gasteiger partial charge in [-0.1, -0.05) is 12.1 Å². The molecule has 23 heavy (non-hydrogen) atoms. The molecule has 1 atom stereocenters. The monoisotopic (exact) mass is 338 g/mol. The molecule has 1 aromatic carbocycles. The standard InChI is InChI=1S/C14H18N4O4S/c19-13(8-10-3-5-11(6-4-10)18(20)21)16-17-14(23)15-9-12-2-1-7-22-12/h3-6,12H,1-2,7-9H2,(H,16,19)(H2,15,17,23). The van der Waals surface area contributed by atoms with Crippen molar-refractivity contribution in [2.45, 2.75) is 25.4 Å². The second kappa shape index (κ2) is 8.39. The number of benzene rings is 1. The lowest BCUT2D eigenvalue weighted by atomic mass is 10.1. The number of hydrogen-bond donors (Lipinski definition) is 3. The number of nitrogens with one attached hydrogen (secondary N) is 3. The highest BCUT2D eigenvalue weighted by Crippen LogP contribution is 2.12. The lowest BCUT2D eigenvalue weighted by molar-refractivity contribution is -0.384. The van der Waals surface area contributed by atoms with Gasteiger partial charge in [0.2, 0.25) is 5.91 Å². The average molecular weight is 338 g/mol. The third kappa shape index (κ3) is 5.80. The molecule has 1 saturated heterocycles. The second-order valence-corrected chi connectivity index (χ2v) is 5.53. The SMILES string of the molecule is O=C(Cc1ccc([N+](=O)[O-])cc1)NNC(=S)NCC1CCCO1. The van der Waals surface area contributed by atoms with E-state index >= 15 is 0 Å². The molecule has 1 aliphatic rings. The zero-order valence-corrected chi connectivity index (χ0v) is 13.2. The van der Waals surface area contributed by atoms with Crippen molar-refractivity contribution in [3.05, 3.63) is 39.9 Å². The number of carbonyl (C=O) groups is 1. The summed E-state index contributed by atoms with van der Waals surface area (Å²) in [6.45, 7) is 1.38. The second-order valence-electron chi connectivity index (χ2n) is 5.12. The molecule has 0 aromatic heterocycles. The van der Waals surface area contributed by atoms with Crippen molar-refractivity contribution in [1.29, 1.82) is 0 Å². The van der Waals surface area contributed by atoms with Gasteiger partial charge in [-0.2, -0.15) is 0 Å². The smallest absolute Gasteiger partial charge is 0.269 e. The lowest BCUT2D eigenvalue weighted by Gasteiger charge is -2.14. The van der Waals surface area contributed by atoms with E-state index < -0.39 is 4.92 Å². The summed E-state index contributed by atoms with van der Waals surface area (Å²) in [6, 6.07) is 5.82. The minimum Gasteiger partial charge on any atom is -0.376 e. The number of amides is 1. The lowest BCUT2D eigenvalue weighted by Crippen LogP contribution is -2.48. The van der Waals surface area contributed by atoms with Gasteiger partial charge in [0.15, 0.2) is 5.11 Å². The van der Waals surface area contributed by atoms with E-state index in [2.05, 4.69) is 16.2 Å². The van der Waals surface area contributed by atoms with Gasteiger partial charge in [0.25, 0.3) is 5.69 Å². The van der Waals surface area contributed by atoms with Crippen LogP contribution in [0.2, 0.25) is 0 Å². The predicted molar refractivity (Wildman–Crippen MR) is 87.7 cm³/mol. The summed E-state index contributed by atoms with van der Waals surface area (Å²) in [5.74, 6) is -0.292. The summed E-state index contributed by atoms with van der Waals surface area (Å²) in [5.41, 5.74) is 5.76. The molecule has 0 aliphatic carbocycles. The number of carbonyl (C=O) groups excluding carboxylic acids is 1. The number of nitrogens with zero attached hydrogens (tertiary/aromatic N) is 1. The molecular formula is C14H18N4O4S. The van der Waals surface area contributed by atoms with Gasteiger partial charge < -0.3 is 10.1 Å². The van der Waals surface area contributed by atoms with Crippen LogP contribution >= 0.6 is 12.2 Å². The maximum atomic E-state index is 11.8. The number of hydrogen-bond acceptors (Lipinski definition) is 5. The Kier molecular flexibility index (Phi) is 6.24. The summed E-state index contributed by atoms with van der Waals surface area (Å²) < 4.78 is 5.45. The van der Waals surface area contributed by atoms with E-state index in [-0.39, 0.29) is 24.1 Å². The molecule has 1 unspecified atom stereocenters. The Hall–Kier alpha value is -2.26. The van der Waals surface area contributed by atoms with Crippen LogP contribution in [0.1, 0.15) is 18.4 Å². The summed E-state index contributed by atoms with van der Waals surface area (Å²) >= 11 is 5.05.